The van der Waals surface area contributed by atoms with E-state index < -0.39 is 0 Å². The lowest BCUT2D eigenvalue weighted by Gasteiger charge is -2.05. The molecule has 1 heterocycles. The Morgan fingerprint density at radius 2 is 2.31 bits per heavy atom. The zero-order valence-electron chi connectivity index (χ0n) is 8.85. The van der Waals surface area contributed by atoms with Crippen LogP contribution in [0, 0.1) is 5.82 Å². The third-order valence-corrected chi connectivity index (χ3v) is 3.32. The summed E-state index contributed by atoms with van der Waals surface area (Å²) < 4.78 is 14.9. The second kappa shape index (κ2) is 4.57. The highest BCUT2D eigenvalue weighted by Crippen LogP contribution is 2.28. The van der Waals surface area contributed by atoms with Gasteiger partial charge in [0.1, 0.15) is 11.6 Å². The topological polar surface area (TPSA) is 43.8 Å². The number of thioether (sulfide) groups is 1. The average Bonchev–Trinajstić information content (AvgIpc) is 2.66. The number of nitrogens with zero attached hydrogens (tertiary/aromatic N) is 2. The molecule has 5 heteroatoms. The van der Waals surface area contributed by atoms with Crippen molar-refractivity contribution >= 4 is 17.4 Å². The van der Waals surface area contributed by atoms with E-state index in [1.807, 2.05) is 17.8 Å². The molecule has 2 rings (SSSR count). The molecular formula is C11H12FN3S. The SMILES string of the molecule is Cn1ccnc1CSc1cc(F)ccc1N. The summed E-state index contributed by atoms with van der Waals surface area (Å²) in [5.41, 5.74) is 6.35. The largest absolute Gasteiger partial charge is 0.398 e. The van der Waals surface area contributed by atoms with Gasteiger partial charge in [-0.2, -0.15) is 0 Å². The van der Waals surface area contributed by atoms with Crippen LogP contribution in [0.4, 0.5) is 10.1 Å². The molecule has 0 fully saturated rings. The van der Waals surface area contributed by atoms with Crippen molar-refractivity contribution in [2.75, 3.05) is 5.73 Å². The second-order valence-corrected chi connectivity index (χ2v) is 4.44. The highest BCUT2D eigenvalue weighted by atomic mass is 32.2. The molecule has 0 amide bonds. The lowest BCUT2D eigenvalue weighted by molar-refractivity contribution is 0.624. The van der Waals surface area contributed by atoms with Gasteiger partial charge in [-0.25, -0.2) is 9.37 Å². The molecule has 0 bridgehead atoms. The number of halogens is 1. The first-order valence-corrected chi connectivity index (χ1v) is 5.79. The predicted octanol–water partition coefficient (Wildman–Crippen LogP) is 2.43. The van der Waals surface area contributed by atoms with Crippen molar-refractivity contribution in [2.45, 2.75) is 10.6 Å². The van der Waals surface area contributed by atoms with Crippen LogP contribution in [-0.4, -0.2) is 9.55 Å². The minimum absolute atomic E-state index is 0.267. The summed E-state index contributed by atoms with van der Waals surface area (Å²) in [6.07, 6.45) is 3.62. The van der Waals surface area contributed by atoms with Gasteiger partial charge in [0.15, 0.2) is 0 Å². The van der Waals surface area contributed by atoms with Crippen molar-refractivity contribution in [3.8, 4) is 0 Å². The van der Waals surface area contributed by atoms with Gasteiger partial charge in [0, 0.05) is 30.0 Å². The third kappa shape index (κ3) is 2.36. The summed E-state index contributed by atoms with van der Waals surface area (Å²) in [7, 11) is 1.93. The lowest BCUT2D eigenvalue weighted by atomic mass is 10.3. The average molecular weight is 237 g/mol. The fraction of sp³-hybridized carbons (Fsp3) is 0.182. The van der Waals surface area contributed by atoms with Gasteiger partial charge in [0.25, 0.3) is 0 Å². The Labute approximate surface area is 97.5 Å². The second-order valence-electron chi connectivity index (χ2n) is 3.43. The quantitative estimate of drug-likeness (QED) is 0.658. The van der Waals surface area contributed by atoms with Gasteiger partial charge in [-0.1, -0.05) is 0 Å². The van der Waals surface area contributed by atoms with Crippen LogP contribution in [-0.2, 0) is 12.8 Å². The molecule has 0 aliphatic rings. The molecule has 3 nitrogen and oxygen atoms in total. The van der Waals surface area contributed by atoms with E-state index in [9.17, 15) is 4.39 Å². The van der Waals surface area contributed by atoms with E-state index in [0.717, 1.165) is 10.7 Å². The van der Waals surface area contributed by atoms with Crippen molar-refractivity contribution in [1.82, 2.24) is 9.55 Å². The molecule has 0 saturated heterocycles. The smallest absolute Gasteiger partial charge is 0.124 e. The standard InChI is InChI=1S/C11H12FN3S/c1-15-5-4-14-11(15)7-16-10-6-8(12)2-3-9(10)13/h2-6H,7,13H2,1H3. The number of nitrogens with two attached hydrogens (primary N) is 1. The Morgan fingerprint density at radius 1 is 1.50 bits per heavy atom. The minimum Gasteiger partial charge on any atom is -0.398 e. The molecule has 2 N–H and O–H groups in total. The maximum absolute atomic E-state index is 13.0. The number of anilines is 1. The minimum atomic E-state index is -0.267. The van der Waals surface area contributed by atoms with Gasteiger partial charge < -0.3 is 10.3 Å². The van der Waals surface area contributed by atoms with Crippen LogP contribution < -0.4 is 5.73 Å². The molecule has 0 aliphatic carbocycles. The number of benzene rings is 1. The van der Waals surface area contributed by atoms with Crippen LogP contribution in [0.25, 0.3) is 0 Å². The van der Waals surface area contributed by atoms with Gasteiger partial charge in [0.05, 0.1) is 5.75 Å². The number of hydrogen-bond acceptors (Lipinski definition) is 3. The van der Waals surface area contributed by atoms with Gasteiger partial charge in [-0.3, -0.25) is 0 Å². The number of aromatic nitrogens is 2. The maximum atomic E-state index is 13.0. The zero-order chi connectivity index (χ0) is 11.5. The van der Waals surface area contributed by atoms with E-state index in [4.69, 9.17) is 5.73 Å². The van der Waals surface area contributed by atoms with Crippen LogP contribution in [0.15, 0.2) is 35.5 Å². The molecular weight excluding hydrogens is 225 g/mol. The summed E-state index contributed by atoms with van der Waals surface area (Å²) in [5, 5.41) is 0. The molecule has 0 saturated carbocycles. The number of nitrogen functional groups attached to an aromatic ring is 1. The molecule has 0 aliphatic heterocycles. The predicted molar refractivity (Wildman–Crippen MR) is 63.6 cm³/mol. The van der Waals surface area contributed by atoms with Crippen molar-refractivity contribution < 1.29 is 4.39 Å². The maximum Gasteiger partial charge on any atom is 0.124 e. The first kappa shape index (κ1) is 11.0. The molecule has 0 spiro atoms. The van der Waals surface area contributed by atoms with Crippen LogP contribution in [0.1, 0.15) is 5.82 Å². The lowest BCUT2D eigenvalue weighted by Crippen LogP contribution is -1.95. The molecule has 2 aromatic rings. The van der Waals surface area contributed by atoms with Crippen LogP contribution in [0.3, 0.4) is 0 Å². The summed E-state index contributed by atoms with van der Waals surface area (Å²) in [6, 6.07) is 4.39. The molecule has 1 aromatic heterocycles. The molecule has 0 unspecified atom stereocenters. The molecule has 0 radical (unpaired) electrons. The van der Waals surface area contributed by atoms with Gasteiger partial charge in [-0.05, 0) is 18.2 Å². The highest BCUT2D eigenvalue weighted by Gasteiger charge is 2.05. The third-order valence-electron chi connectivity index (χ3n) is 2.25. The Bertz CT molecular complexity index is 496. The van der Waals surface area contributed by atoms with E-state index in [0.29, 0.717) is 11.4 Å². The summed E-state index contributed by atoms with van der Waals surface area (Å²) >= 11 is 1.48. The Morgan fingerprint density at radius 3 is 3.00 bits per heavy atom. The zero-order valence-corrected chi connectivity index (χ0v) is 9.67. The fourth-order valence-electron chi connectivity index (χ4n) is 1.31. The first-order valence-electron chi connectivity index (χ1n) is 4.81. The monoisotopic (exact) mass is 237 g/mol. The summed E-state index contributed by atoms with van der Waals surface area (Å²) in [6.45, 7) is 0. The molecule has 16 heavy (non-hydrogen) atoms. The van der Waals surface area contributed by atoms with E-state index in [2.05, 4.69) is 4.98 Å². The summed E-state index contributed by atoms with van der Waals surface area (Å²) in [5.74, 6) is 1.35. The van der Waals surface area contributed by atoms with Crippen LogP contribution in [0.5, 0.6) is 0 Å². The van der Waals surface area contributed by atoms with E-state index in [-0.39, 0.29) is 5.82 Å². The van der Waals surface area contributed by atoms with Gasteiger partial charge >= 0.3 is 0 Å². The molecule has 1 aromatic carbocycles. The Kier molecular flexibility index (Phi) is 3.14. The Balaban J connectivity index is 2.10. The molecule has 84 valence electrons. The number of aryl methyl sites for hydroxylation is 1. The Hall–Kier alpha value is -1.49. The van der Waals surface area contributed by atoms with Crippen LogP contribution in [0.2, 0.25) is 0 Å². The van der Waals surface area contributed by atoms with Gasteiger partial charge in [-0.15, -0.1) is 11.8 Å². The van der Waals surface area contributed by atoms with E-state index >= 15 is 0 Å². The number of hydrogen-bond donors (Lipinski definition) is 1. The van der Waals surface area contributed by atoms with Crippen molar-refractivity contribution in [3.63, 3.8) is 0 Å². The van der Waals surface area contributed by atoms with Gasteiger partial charge in [0.2, 0.25) is 0 Å². The number of imidazole rings is 1. The van der Waals surface area contributed by atoms with Crippen molar-refractivity contribution in [1.29, 1.82) is 0 Å². The first-order chi connectivity index (χ1) is 7.66. The van der Waals surface area contributed by atoms with Crippen LogP contribution >= 0.6 is 11.8 Å². The van der Waals surface area contributed by atoms with Crippen molar-refractivity contribution in [3.05, 3.63) is 42.2 Å². The summed E-state index contributed by atoms with van der Waals surface area (Å²) in [4.78, 5) is 4.94. The van der Waals surface area contributed by atoms with E-state index in [1.54, 1.807) is 12.3 Å². The normalized spacial score (nSPS) is 10.6. The van der Waals surface area contributed by atoms with Crippen molar-refractivity contribution in [2.24, 2.45) is 7.05 Å². The molecule has 0 atom stereocenters. The number of rotatable bonds is 3. The highest BCUT2D eigenvalue weighted by molar-refractivity contribution is 7.98. The fourth-order valence-corrected chi connectivity index (χ4v) is 2.30. The van der Waals surface area contributed by atoms with E-state index in [1.165, 1.54) is 23.9 Å².